The molecule has 0 spiro atoms. The zero-order chi connectivity index (χ0) is 61.5. The molecular weight excluding hydrogens is 1080 g/mol. The van der Waals surface area contributed by atoms with Crippen LogP contribution in [0.3, 0.4) is 0 Å². The first-order valence-electron chi connectivity index (χ1n) is 33.5. The number of carbonyl (C=O) groups is 5. The highest BCUT2D eigenvalue weighted by atomic mass is 16.6. The highest BCUT2D eigenvalue weighted by Crippen LogP contribution is 2.69. The summed E-state index contributed by atoms with van der Waals surface area (Å²) in [6.45, 7) is 23.4. The van der Waals surface area contributed by atoms with E-state index in [1.807, 2.05) is 57.2 Å². The summed E-state index contributed by atoms with van der Waals surface area (Å²) in [7, 11) is 2.96. The topological polar surface area (TPSA) is 148 Å². The molecule has 1 aromatic heterocycles. The molecule has 86 heavy (non-hydrogen) atoms. The second-order valence-electron chi connectivity index (χ2n) is 30.5. The largest absolute Gasteiger partial charge is 0.469 e. The molecule has 8 unspecified atom stereocenters. The number of ether oxygens (including phenoxy) is 5. The smallest absolute Gasteiger partial charge is 0.407 e. The standard InChI is InChI=1S/C74H102N2O10/c1-46(13-27-65(77)82-11)48(3)71(7)35-33-60-51(45-71)19-20-52-43-54(31-36-72(52,60)8)84-67(79)29-17-49-15-22-56-57-23-16-50(42-64(57)76(63(56)41-49)40-39-75-69(81)86-70(4,5)6)18-30-68(80)85-55-32-37-73(9)53(44-55)21-24-58-61-26-25-59(47(2)14-28-66(78)83-12)74(61,10)38-34-62(58)73/h15-16,22-23,41-42,46-48,51-55,58-62H,13-14,19-21,24-28,31-40,43-45H2,1-12H3,(H,75,81)/t46-,47-,48?,51+,52-,53-,54-,55-,58+,59?,60?,61+,62?,71?,72?,73?,74?/m1/s1. The minimum Gasteiger partial charge on any atom is -0.469 e. The predicted octanol–water partition coefficient (Wildman–Crippen LogP) is 15.3. The van der Waals surface area contributed by atoms with Crippen LogP contribution in [0.25, 0.3) is 21.8 Å². The fourth-order valence-electron chi connectivity index (χ4n) is 20.0. The predicted molar refractivity (Wildman–Crippen MR) is 336 cm³/mol. The third-order valence-electron chi connectivity index (χ3n) is 25.0. The Morgan fingerprint density at radius 1 is 0.640 bits per heavy atom. The van der Waals surface area contributed by atoms with Crippen molar-refractivity contribution in [3.8, 4) is 23.7 Å². The van der Waals surface area contributed by atoms with Gasteiger partial charge in [0.1, 0.15) is 17.8 Å². The Labute approximate surface area is 514 Å². The summed E-state index contributed by atoms with van der Waals surface area (Å²) in [5.41, 5.74) is 3.56. The van der Waals surface area contributed by atoms with Gasteiger partial charge in [-0.05, 0) is 254 Å². The van der Waals surface area contributed by atoms with Crippen LogP contribution >= 0.6 is 0 Å². The Morgan fingerprint density at radius 2 is 1.17 bits per heavy atom. The van der Waals surface area contributed by atoms with Gasteiger partial charge in [-0.3, -0.25) is 9.59 Å². The molecule has 17 atom stereocenters. The summed E-state index contributed by atoms with van der Waals surface area (Å²) in [6, 6.07) is 11.9. The number of fused-ring (bicyclic) bond motifs is 11. The zero-order valence-corrected chi connectivity index (χ0v) is 54.3. The number of methoxy groups -OCH3 is 2. The molecule has 7 aliphatic carbocycles. The highest BCUT2D eigenvalue weighted by molar-refractivity contribution is 6.09. The summed E-state index contributed by atoms with van der Waals surface area (Å²) in [5, 5.41) is 4.89. The van der Waals surface area contributed by atoms with E-state index in [9.17, 15) is 24.0 Å². The summed E-state index contributed by atoms with van der Waals surface area (Å²) >= 11 is 0. The SMILES string of the molecule is COC(=O)CC[C@@H](C)C(C)C1(C)CCC2[C@@H](CC[C@@H]3C[C@H](OC(=O)C#Cc4ccc5c6ccc(C#CC(=O)O[C@@H]7CCC8(C)C9CCC%10(C)C([C@H](C)CCC(=O)OC)CC[C@H]%10[C@@H]9CC[C@@H]8C7)cc6n(CCNC(=O)OC(C)(C)C)c5c4)CCC23C)C1. The molecule has 3 aromatic rings. The fourth-order valence-corrected chi connectivity index (χ4v) is 20.0. The summed E-state index contributed by atoms with van der Waals surface area (Å²) in [5.74, 6) is 17.5. The lowest BCUT2D eigenvalue weighted by molar-refractivity contribution is -0.157. The molecule has 1 N–H and O–H groups in total. The Morgan fingerprint density at radius 3 is 1.76 bits per heavy atom. The molecule has 0 saturated heterocycles. The second-order valence-corrected chi connectivity index (χ2v) is 30.5. The summed E-state index contributed by atoms with van der Waals surface area (Å²) < 4.78 is 30.0. The minimum atomic E-state index is -0.644. The van der Waals surface area contributed by atoms with Crippen LogP contribution in [0.15, 0.2) is 36.4 Å². The maximum Gasteiger partial charge on any atom is 0.407 e. The van der Waals surface area contributed by atoms with Crippen LogP contribution in [0.5, 0.6) is 0 Å². The van der Waals surface area contributed by atoms with E-state index in [2.05, 4.69) is 82.0 Å². The normalized spacial score (nSPS) is 33.9. The Kier molecular flexibility index (Phi) is 18.9. The number of nitrogens with zero attached hydrogens (tertiary/aromatic N) is 1. The Balaban J connectivity index is 0.770. The molecule has 7 saturated carbocycles. The van der Waals surface area contributed by atoms with Crippen LogP contribution in [0.4, 0.5) is 4.79 Å². The molecule has 0 radical (unpaired) electrons. The maximum atomic E-state index is 13.6. The van der Waals surface area contributed by atoms with Crippen LogP contribution < -0.4 is 5.32 Å². The fraction of sp³-hybridized carbons (Fsp3) is 0.716. The van der Waals surface area contributed by atoms with Crippen molar-refractivity contribution in [2.24, 2.45) is 86.8 Å². The van der Waals surface area contributed by atoms with E-state index in [0.717, 1.165) is 91.4 Å². The number of benzene rings is 2. The van der Waals surface area contributed by atoms with Gasteiger partial charge in [0.15, 0.2) is 0 Å². The maximum absolute atomic E-state index is 13.6. The molecule has 2 aromatic carbocycles. The molecule has 7 fully saturated rings. The molecule has 0 aliphatic heterocycles. The number of carbonyl (C=O) groups excluding carboxylic acids is 5. The quantitative estimate of drug-likeness (QED) is 0.0939. The van der Waals surface area contributed by atoms with Gasteiger partial charge in [0.25, 0.3) is 0 Å². The van der Waals surface area contributed by atoms with Crippen LogP contribution in [0.1, 0.15) is 215 Å². The first-order valence-corrected chi connectivity index (χ1v) is 33.5. The lowest BCUT2D eigenvalue weighted by atomic mass is 9.44. The van der Waals surface area contributed by atoms with Gasteiger partial charge in [-0.15, -0.1) is 0 Å². The van der Waals surface area contributed by atoms with Crippen molar-refractivity contribution in [2.75, 3.05) is 20.8 Å². The van der Waals surface area contributed by atoms with Gasteiger partial charge in [-0.1, -0.05) is 72.4 Å². The van der Waals surface area contributed by atoms with Gasteiger partial charge in [-0.25, -0.2) is 14.4 Å². The molecule has 468 valence electrons. The van der Waals surface area contributed by atoms with Gasteiger partial charge in [0.2, 0.25) is 0 Å². The molecular formula is C74H102N2O10. The number of aromatic nitrogens is 1. The molecule has 7 aliphatic rings. The number of amides is 1. The molecule has 1 amide bonds. The van der Waals surface area contributed by atoms with Crippen molar-refractivity contribution in [1.29, 1.82) is 0 Å². The van der Waals surface area contributed by atoms with Gasteiger partial charge in [0.05, 0.1) is 25.3 Å². The van der Waals surface area contributed by atoms with Crippen LogP contribution in [0, 0.1) is 110 Å². The number of nitrogens with one attached hydrogen (secondary N) is 1. The van der Waals surface area contributed by atoms with Crippen molar-refractivity contribution in [3.05, 3.63) is 47.5 Å². The number of esters is 4. The van der Waals surface area contributed by atoms with E-state index in [1.54, 1.807) is 0 Å². The van der Waals surface area contributed by atoms with E-state index in [-0.39, 0.29) is 40.4 Å². The monoisotopic (exact) mass is 1180 g/mol. The lowest BCUT2D eigenvalue weighted by Crippen LogP contribution is -2.54. The third kappa shape index (κ3) is 13.1. The van der Waals surface area contributed by atoms with Crippen molar-refractivity contribution in [1.82, 2.24) is 9.88 Å². The van der Waals surface area contributed by atoms with Crippen LogP contribution in [0.2, 0.25) is 0 Å². The second kappa shape index (κ2) is 25.5. The number of hydrogen-bond acceptors (Lipinski definition) is 10. The van der Waals surface area contributed by atoms with Gasteiger partial charge >= 0.3 is 30.0 Å². The van der Waals surface area contributed by atoms with E-state index in [0.29, 0.717) is 95.7 Å². The number of rotatable bonds is 14. The van der Waals surface area contributed by atoms with Crippen LogP contribution in [-0.4, -0.2) is 73.1 Å². The summed E-state index contributed by atoms with van der Waals surface area (Å²) in [4.78, 5) is 63.9. The third-order valence-corrected chi connectivity index (χ3v) is 25.0. The molecule has 10 rings (SSSR count). The summed E-state index contributed by atoms with van der Waals surface area (Å²) in [6.07, 6.45) is 21.2. The molecule has 1 heterocycles. The van der Waals surface area contributed by atoms with E-state index >= 15 is 0 Å². The molecule has 0 bridgehead atoms. The average Bonchev–Trinajstić information content (AvgIpc) is 1.24. The van der Waals surface area contributed by atoms with Crippen molar-refractivity contribution < 1.29 is 47.7 Å². The number of hydrogen-bond donors (Lipinski definition) is 1. The van der Waals surface area contributed by atoms with Crippen molar-refractivity contribution in [3.63, 3.8) is 0 Å². The molecule has 12 heteroatoms. The van der Waals surface area contributed by atoms with Gasteiger partial charge in [0, 0.05) is 59.7 Å². The Bertz CT molecular complexity index is 3150. The first-order chi connectivity index (χ1) is 40.8. The minimum absolute atomic E-state index is 0.0991. The average molecular weight is 1180 g/mol. The molecule has 12 nitrogen and oxygen atoms in total. The van der Waals surface area contributed by atoms with Crippen molar-refractivity contribution in [2.45, 2.75) is 228 Å². The highest BCUT2D eigenvalue weighted by Gasteiger charge is 2.61. The van der Waals surface area contributed by atoms with Crippen LogP contribution in [-0.2, 0) is 49.4 Å². The van der Waals surface area contributed by atoms with E-state index < -0.39 is 23.6 Å². The van der Waals surface area contributed by atoms with E-state index in [4.69, 9.17) is 23.7 Å². The van der Waals surface area contributed by atoms with Gasteiger partial charge < -0.3 is 33.6 Å². The van der Waals surface area contributed by atoms with E-state index in [1.165, 1.54) is 78.4 Å². The Hall–Kier alpha value is -5.49. The van der Waals surface area contributed by atoms with Crippen molar-refractivity contribution >= 4 is 51.8 Å². The number of alkyl carbamates (subject to hydrolysis) is 1. The van der Waals surface area contributed by atoms with Gasteiger partial charge in [-0.2, -0.15) is 0 Å². The zero-order valence-electron chi connectivity index (χ0n) is 54.3. The lowest BCUT2D eigenvalue weighted by Gasteiger charge is -2.61. The first kappa shape index (κ1) is 63.5.